The number of anilines is 1. The molecule has 1 saturated heterocycles. The predicted octanol–water partition coefficient (Wildman–Crippen LogP) is 0.496. The van der Waals surface area contributed by atoms with E-state index >= 15 is 0 Å². The lowest BCUT2D eigenvalue weighted by atomic mass is 10.2. The van der Waals surface area contributed by atoms with E-state index in [2.05, 4.69) is 19.9 Å². The summed E-state index contributed by atoms with van der Waals surface area (Å²) in [5.74, 6) is 1.14. The van der Waals surface area contributed by atoms with E-state index in [1.54, 1.807) is 19.5 Å². The van der Waals surface area contributed by atoms with Crippen molar-refractivity contribution in [3.8, 4) is 5.88 Å². The summed E-state index contributed by atoms with van der Waals surface area (Å²) < 4.78 is 5.06. The Morgan fingerprint density at radius 1 is 1.23 bits per heavy atom. The molecule has 1 N–H and O–H groups in total. The number of rotatable bonds is 4. The van der Waals surface area contributed by atoms with Gasteiger partial charge in [-0.3, -0.25) is 9.69 Å². The third-order valence-corrected chi connectivity index (χ3v) is 3.77. The van der Waals surface area contributed by atoms with Crippen LogP contribution in [-0.2, 0) is 6.54 Å². The predicted molar refractivity (Wildman–Crippen MR) is 83.1 cm³/mol. The molecule has 3 heterocycles. The topological polar surface area (TPSA) is 74.3 Å². The fourth-order valence-corrected chi connectivity index (χ4v) is 2.57. The Hall–Kier alpha value is -2.41. The minimum atomic E-state index is -0.129. The molecule has 2 aromatic heterocycles. The first-order valence-electron chi connectivity index (χ1n) is 7.26. The van der Waals surface area contributed by atoms with Gasteiger partial charge in [0, 0.05) is 57.4 Å². The van der Waals surface area contributed by atoms with Crippen LogP contribution in [0, 0.1) is 0 Å². The van der Waals surface area contributed by atoms with Crippen LogP contribution in [0.2, 0.25) is 0 Å². The molecule has 0 atom stereocenters. The van der Waals surface area contributed by atoms with Crippen molar-refractivity contribution >= 4 is 5.82 Å². The maximum Gasteiger partial charge on any atom is 0.290 e. The van der Waals surface area contributed by atoms with Gasteiger partial charge in [-0.2, -0.15) is 0 Å². The normalized spacial score (nSPS) is 15.8. The molecule has 0 saturated carbocycles. The summed E-state index contributed by atoms with van der Waals surface area (Å²) in [5, 5.41) is 0. The molecule has 0 bridgehead atoms. The lowest BCUT2D eigenvalue weighted by Gasteiger charge is -2.34. The second kappa shape index (κ2) is 6.57. The average Bonchev–Trinajstić information content (AvgIpc) is 2.57. The molecule has 0 aliphatic carbocycles. The minimum Gasteiger partial charge on any atom is -0.481 e. The molecule has 0 amide bonds. The first-order valence-corrected chi connectivity index (χ1v) is 7.26. The molecule has 116 valence electrons. The second-order valence-corrected chi connectivity index (χ2v) is 5.21. The summed E-state index contributed by atoms with van der Waals surface area (Å²) in [7, 11) is 1.61. The largest absolute Gasteiger partial charge is 0.481 e. The van der Waals surface area contributed by atoms with E-state index in [0.29, 0.717) is 11.7 Å². The van der Waals surface area contributed by atoms with Crippen LogP contribution >= 0.6 is 0 Å². The molecule has 0 radical (unpaired) electrons. The number of aromatic nitrogens is 3. The highest BCUT2D eigenvalue weighted by Gasteiger charge is 2.19. The Morgan fingerprint density at radius 3 is 2.68 bits per heavy atom. The van der Waals surface area contributed by atoms with E-state index in [1.165, 1.54) is 0 Å². The first-order chi connectivity index (χ1) is 10.8. The molecule has 7 heteroatoms. The van der Waals surface area contributed by atoms with Crippen LogP contribution < -0.4 is 15.2 Å². The zero-order chi connectivity index (χ0) is 15.4. The van der Waals surface area contributed by atoms with E-state index in [0.717, 1.165) is 38.3 Å². The van der Waals surface area contributed by atoms with Crippen molar-refractivity contribution in [2.24, 2.45) is 0 Å². The van der Waals surface area contributed by atoms with Crippen LogP contribution in [0.3, 0.4) is 0 Å². The van der Waals surface area contributed by atoms with E-state index < -0.39 is 0 Å². The van der Waals surface area contributed by atoms with Gasteiger partial charge >= 0.3 is 0 Å². The molecular formula is C15H19N5O2. The summed E-state index contributed by atoms with van der Waals surface area (Å²) in [5.41, 5.74) is 1.03. The summed E-state index contributed by atoms with van der Waals surface area (Å²) in [6.45, 7) is 4.22. The Bertz CT molecular complexity index is 662. The van der Waals surface area contributed by atoms with Crippen molar-refractivity contribution in [2.45, 2.75) is 6.54 Å². The fourth-order valence-electron chi connectivity index (χ4n) is 2.57. The molecule has 0 unspecified atom stereocenters. The molecule has 3 rings (SSSR count). The Balaban J connectivity index is 1.57. The third kappa shape index (κ3) is 3.25. The van der Waals surface area contributed by atoms with Gasteiger partial charge in [0.2, 0.25) is 5.88 Å². The van der Waals surface area contributed by atoms with Gasteiger partial charge in [0.25, 0.3) is 5.56 Å². The maximum absolute atomic E-state index is 11.8. The van der Waals surface area contributed by atoms with Crippen molar-refractivity contribution < 1.29 is 4.74 Å². The second-order valence-electron chi connectivity index (χ2n) is 5.21. The van der Waals surface area contributed by atoms with Gasteiger partial charge in [-0.25, -0.2) is 9.97 Å². The molecule has 1 aliphatic heterocycles. The third-order valence-electron chi connectivity index (χ3n) is 3.77. The lowest BCUT2D eigenvalue weighted by Crippen LogP contribution is -2.47. The number of nitrogens with one attached hydrogen (secondary N) is 1. The Morgan fingerprint density at radius 2 is 2.05 bits per heavy atom. The van der Waals surface area contributed by atoms with Gasteiger partial charge in [-0.1, -0.05) is 6.07 Å². The monoisotopic (exact) mass is 301 g/mol. The van der Waals surface area contributed by atoms with Gasteiger partial charge < -0.3 is 14.6 Å². The summed E-state index contributed by atoms with van der Waals surface area (Å²) in [4.78, 5) is 27.2. The van der Waals surface area contributed by atoms with E-state index in [1.807, 2.05) is 23.2 Å². The van der Waals surface area contributed by atoms with Gasteiger partial charge in [-0.05, 0) is 5.56 Å². The van der Waals surface area contributed by atoms with Gasteiger partial charge in [0.05, 0.1) is 7.11 Å². The Kier molecular flexibility index (Phi) is 4.34. The van der Waals surface area contributed by atoms with E-state index in [9.17, 15) is 4.79 Å². The van der Waals surface area contributed by atoms with Crippen LogP contribution in [0.15, 0.2) is 35.5 Å². The molecule has 1 fully saturated rings. The minimum absolute atomic E-state index is 0.129. The van der Waals surface area contributed by atoms with Crippen LogP contribution in [0.1, 0.15) is 5.56 Å². The van der Waals surface area contributed by atoms with Crippen molar-refractivity contribution in [1.29, 1.82) is 0 Å². The van der Waals surface area contributed by atoms with E-state index in [-0.39, 0.29) is 5.56 Å². The quantitative estimate of drug-likeness (QED) is 0.886. The number of hydrogen-bond donors (Lipinski definition) is 1. The SMILES string of the molecule is COc1ccc(CN2CCN(c3ncc[nH]c3=O)CC2)cn1. The van der Waals surface area contributed by atoms with Crippen molar-refractivity contribution in [3.05, 3.63) is 46.6 Å². The van der Waals surface area contributed by atoms with Gasteiger partial charge in [0.15, 0.2) is 5.82 Å². The first kappa shape index (κ1) is 14.5. The highest BCUT2D eigenvalue weighted by Crippen LogP contribution is 2.13. The number of methoxy groups -OCH3 is 1. The van der Waals surface area contributed by atoms with Crippen molar-refractivity contribution in [2.75, 3.05) is 38.2 Å². The summed E-state index contributed by atoms with van der Waals surface area (Å²) >= 11 is 0. The van der Waals surface area contributed by atoms with Crippen LogP contribution in [0.4, 0.5) is 5.82 Å². The number of aromatic amines is 1. The number of piperazine rings is 1. The molecular weight excluding hydrogens is 282 g/mol. The molecule has 22 heavy (non-hydrogen) atoms. The van der Waals surface area contributed by atoms with Crippen LogP contribution in [0.25, 0.3) is 0 Å². The molecule has 0 aromatic carbocycles. The van der Waals surface area contributed by atoms with Gasteiger partial charge in [0.1, 0.15) is 0 Å². The van der Waals surface area contributed by atoms with Crippen molar-refractivity contribution in [3.63, 3.8) is 0 Å². The number of H-pyrrole nitrogens is 1. The molecule has 1 aliphatic rings. The lowest BCUT2D eigenvalue weighted by molar-refractivity contribution is 0.248. The van der Waals surface area contributed by atoms with Gasteiger partial charge in [-0.15, -0.1) is 0 Å². The zero-order valence-corrected chi connectivity index (χ0v) is 12.5. The number of ether oxygens (including phenoxy) is 1. The zero-order valence-electron chi connectivity index (χ0n) is 12.5. The summed E-state index contributed by atoms with van der Waals surface area (Å²) in [6.07, 6.45) is 5.01. The highest BCUT2D eigenvalue weighted by atomic mass is 16.5. The smallest absolute Gasteiger partial charge is 0.290 e. The van der Waals surface area contributed by atoms with Crippen LogP contribution in [0.5, 0.6) is 5.88 Å². The highest BCUT2D eigenvalue weighted by molar-refractivity contribution is 5.35. The summed E-state index contributed by atoms with van der Waals surface area (Å²) in [6, 6.07) is 3.90. The van der Waals surface area contributed by atoms with Crippen molar-refractivity contribution in [1.82, 2.24) is 19.9 Å². The number of nitrogens with zero attached hydrogens (tertiary/aromatic N) is 4. The average molecular weight is 301 g/mol. The van der Waals surface area contributed by atoms with Crippen LogP contribution in [-0.4, -0.2) is 53.1 Å². The number of hydrogen-bond acceptors (Lipinski definition) is 6. The molecule has 7 nitrogen and oxygen atoms in total. The Labute approximate surface area is 128 Å². The molecule has 0 spiro atoms. The number of pyridine rings is 1. The molecule has 2 aromatic rings. The fraction of sp³-hybridized carbons (Fsp3) is 0.400. The maximum atomic E-state index is 11.8. The standard InChI is InChI=1S/C15H19N5O2/c1-22-13-3-2-12(10-18-13)11-19-6-8-20(9-7-19)14-15(21)17-5-4-16-14/h2-5,10H,6-9,11H2,1H3,(H,17,21). The van der Waals surface area contributed by atoms with E-state index in [4.69, 9.17) is 4.74 Å².